The Balaban J connectivity index is 1.83. The molecule has 2 aromatic rings. The molecule has 6 heteroatoms. The first-order chi connectivity index (χ1) is 10.7. The summed E-state index contributed by atoms with van der Waals surface area (Å²) in [5.41, 5.74) is 4.82. The van der Waals surface area contributed by atoms with Gasteiger partial charge in [-0.3, -0.25) is 0 Å². The number of rotatable bonds is 4. The fraction of sp³-hybridized carbons (Fsp3) is 0.438. The Morgan fingerprint density at radius 1 is 1.36 bits per heavy atom. The van der Waals surface area contributed by atoms with E-state index in [1.54, 1.807) is 23.1 Å². The number of nitrogens with zero attached hydrogens (tertiary/aromatic N) is 4. The Morgan fingerprint density at radius 2 is 2.23 bits per heavy atom. The average molecular weight is 332 g/mol. The lowest BCUT2D eigenvalue weighted by molar-refractivity contribution is 0.744. The zero-order valence-corrected chi connectivity index (χ0v) is 14.8. The summed E-state index contributed by atoms with van der Waals surface area (Å²) in [6, 6.07) is 4.40. The number of anilines is 1. The molecule has 0 bridgehead atoms. The highest BCUT2D eigenvalue weighted by molar-refractivity contribution is 8.01. The Kier molecular flexibility index (Phi) is 4.78. The van der Waals surface area contributed by atoms with E-state index in [0.717, 1.165) is 35.1 Å². The van der Waals surface area contributed by atoms with Crippen LogP contribution in [0.25, 0.3) is 0 Å². The second-order valence-electron chi connectivity index (χ2n) is 5.39. The van der Waals surface area contributed by atoms with Crippen LogP contribution in [0, 0.1) is 6.92 Å². The second-order valence-corrected chi connectivity index (χ2v) is 7.96. The van der Waals surface area contributed by atoms with Crippen LogP contribution in [-0.2, 0) is 6.42 Å². The van der Waals surface area contributed by atoms with Gasteiger partial charge in [-0.05, 0) is 48.8 Å². The van der Waals surface area contributed by atoms with Crippen molar-refractivity contribution in [2.45, 2.75) is 30.9 Å². The number of aromatic nitrogens is 1. The number of azo groups is 1. The van der Waals surface area contributed by atoms with Gasteiger partial charge in [0.05, 0.1) is 16.1 Å². The van der Waals surface area contributed by atoms with Gasteiger partial charge in [-0.15, -0.1) is 22.0 Å². The van der Waals surface area contributed by atoms with Gasteiger partial charge in [0.2, 0.25) is 5.13 Å². The largest absolute Gasteiger partial charge is 0.374 e. The van der Waals surface area contributed by atoms with Crippen molar-refractivity contribution in [2.75, 3.05) is 24.2 Å². The van der Waals surface area contributed by atoms with Crippen LogP contribution in [0.5, 0.6) is 0 Å². The standard InChI is InChI=1S/C16H20N4S2/c1-4-21-15-10-17-16(22-15)19-18-13-9-12-6-5-7-20(3)14(12)8-11(13)2/h8-10H,4-7H2,1-3H3. The molecule has 0 saturated heterocycles. The Morgan fingerprint density at radius 3 is 3.05 bits per heavy atom. The summed E-state index contributed by atoms with van der Waals surface area (Å²) in [7, 11) is 2.15. The first-order valence-corrected chi connectivity index (χ1v) is 9.32. The molecule has 1 aromatic carbocycles. The van der Waals surface area contributed by atoms with E-state index in [4.69, 9.17) is 0 Å². The van der Waals surface area contributed by atoms with Crippen molar-refractivity contribution in [3.05, 3.63) is 29.5 Å². The zero-order chi connectivity index (χ0) is 15.5. The van der Waals surface area contributed by atoms with Crippen molar-refractivity contribution in [3.63, 3.8) is 0 Å². The molecule has 116 valence electrons. The summed E-state index contributed by atoms with van der Waals surface area (Å²) in [5.74, 6) is 1.05. The molecule has 0 amide bonds. The maximum absolute atomic E-state index is 4.43. The zero-order valence-electron chi connectivity index (χ0n) is 13.2. The average Bonchev–Trinajstić information content (AvgIpc) is 2.94. The number of thioether (sulfide) groups is 1. The van der Waals surface area contributed by atoms with Gasteiger partial charge in [0, 0.05) is 19.3 Å². The number of fused-ring (bicyclic) bond motifs is 1. The van der Waals surface area contributed by atoms with Gasteiger partial charge in [0.25, 0.3) is 0 Å². The maximum Gasteiger partial charge on any atom is 0.230 e. The van der Waals surface area contributed by atoms with Crippen LogP contribution in [0.1, 0.15) is 24.5 Å². The van der Waals surface area contributed by atoms with Crippen molar-refractivity contribution in [2.24, 2.45) is 10.2 Å². The minimum Gasteiger partial charge on any atom is -0.374 e. The molecule has 0 radical (unpaired) electrons. The summed E-state index contributed by atoms with van der Waals surface area (Å²) >= 11 is 3.38. The van der Waals surface area contributed by atoms with Crippen molar-refractivity contribution < 1.29 is 0 Å². The van der Waals surface area contributed by atoms with Gasteiger partial charge in [-0.25, -0.2) is 4.98 Å². The third kappa shape index (κ3) is 3.33. The molecule has 0 aliphatic carbocycles. The first-order valence-electron chi connectivity index (χ1n) is 7.52. The molecule has 0 fully saturated rings. The van der Waals surface area contributed by atoms with Crippen LogP contribution >= 0.6 is 23.1 Å². The summed E-state index contributed by atoms with van der Waals surface area (Å²) in [6.07, 6.45) is 4.20. The van der Waals surface area contributed by atoms with E-state index in [2.05, 4.69) is 53.1 Å². The fourth-order valence-electron chi connectivity index (χ4n) is 2.62. The SMILES string of the molecule is CCSc1cnc(N=Nc2cc3c(cc2C)N(C)CCC3)s1. The summed E-state index contributed by atoms with van der Waals surface area (Å²) in [6.45, 7) is 5.36. The van der Waals surface area contributed by atoms with E-state index >= 15 is 0 Å². The van der Waals surface area contributed by atoms with Gasteiger partial charge in [-0.2, -0.15) is 0 Å². The lowest BCUT2D eigenvalue weighted by Gasteiger charge is -2.28. The molecule has 22 heavy (non-hydrogen) atoms. The number of hydrogen-bond acceptors (Lipinski definition) is 6. The highest BCUT2D eigenvalue weighted by Gasteiger charge is 2.15. The van der Waals surface area contributed by atoms with E-state index < -0.39 is 0 Å². The van der Waals surface area contributed by atoms with Crippen molar-refractivity contribution >= 4 is 39.6 Å². The molecule has 0 N–H and O–H groups in total. The minimum absolute atomic E-state index is 0.727. The van der Waals surface area contributed by atoms with Crippen molar-refractivity contribution in [3.8, 4) is 0 Å². The van der Waals surface area contributed by atoms with Gasteiger partial charge >= 0.3 is 0 Å². The Labute approximate surface area is 139 Å². The molecule has 1 aliphatic rings. The van der Waals surface area contributed by atoms with Crippen LogP contribution in [0.4, 0.5) is 16.5 Å². The smallest absolute Gasteiger partial charge is 0.230 e. The van der Waals surface area contributed by atoms with E-state index in [-0.39, 0.29) is 0 Å². The quantitative estimate of drug-likeness (QED) is 0.559. The third-order valence-electron chi connectivity index (χ3n) is 3.75. The van der Waals surface area contributed by atoms with Crippen LogP contribution < -0.4 is 4.90 Å². The predicted molar refractivity (Wildman–Crippen MR) is 95.5 cm³/mol. The second kappa shape index (κ2) is 6.79. The fourth-order valence-corrected chi connectivity index (χ4v) is 4.31. The van der Waals surface area contributed by atoms with Gasteiger partial charge in [0.1, 0.15) is 0 Å². The highest BCUT2D eigenvalue weighted by Crippen LogP contribution is 2.35. The molecule has 3 rings (SSSR count). The number of aryl methyl sites for hydroxylation is 2. The number of benzene rings is 1. The van der Waals surface area contributed by atoms with Gasteiger partial charge in [0.15, 0.2) is 0 Å². The predicted octanol–water partition coefficient (Wildman–Crippen LogP) is 5.36. The summed E-state index contributed by atoms with van der Waals surface area (Å²) in [4.78, 5) is 6.63. The van der Waals surface area contributed by atoms with Gasteiger partial charge < -0.3 is 4.90 Å². The van der Waals surface area contributed by atoms with E-state index in [1.165, 1.54) is 21.9 Å². The molecule has 1 aliphatic heterocycles. The Hall–Kier alpha value is -1.40. The van der Waals surface area contributed by atoms with Crippen molar-refractivity contribution in [1.82, 2.24) is 4.98 Å². The molecule has 0 spiro atoms. The Bertz CT molecular complexity index is 693. The molecule has 0 atom stereocenters. The number of hydrogen-bond donors (Lipinski definition) is 0. The lowest BCUT2D eigenvalue weighted by atomic mass is 9.99. The van der Waals surface area contributed by atoms with E-state index in [9.17, 15) is 0 Å². The van der Waals surface area contributed by atoms with Crippen LogP contribution in [-0.4, -0.2) is 24.3 Å². The minimum atomic E-state index is 0.727. The normalized spacial score (nSPS) is 14.6. The molecule has 0 unspecified atom stereocenters. The molecule has 4 nitrogen and oxygen atoms in total. The molecule has 2 heterocycles. The van der Waals surface area contributed by atoms with Gasteiger partial charge in [-0.1, -0.05) is 18.3 Å². The van der Waals surface area contributed by atoms with Crippen molar-refractivity contribution in [1.29, 1.82) is 0 Å². The maximum atomic E-state index is 4.43. The third-order valence-corrected chi connectivity index (χ3v) is 5.71. The first kappa shape index (κ1) is 15.5. The van der Waals surface area contributed by atoms with Crippen LogP contribution in [0.15, 0.2) is 32.8 Å². The summed E-state index contributed by atoms with van der Waals surface area (Å²) in [5, 5.41) is 9.47. The monoisotopic (exact) mass is 332 g/mol. The molecular weight excluding hydrogens is 312 g/mol. The molecular formula is C16H20N4S2. The number of thiazole rings is 1. The van der Waals surface area contributed by atoms with E-state index in [1.807, 2.05) is 6.20 Å². The molecule has 1 aromatic heterocycles. The molecule has 0 saturated carbocycles. The van der Waals surface area contributed by atoms with E-state index in [0.29, 0.717) is 0 Å². The van der Waals surface area contributed by atoms with Crippen LogP contribution in [0.2, 0.25) is 0 Å². The highest BCUT2D eigenvalue weighted by atomic mass is 32.2. The van der Waals surface area contributed by atoms with Crippen LogP contribution in [0.3, 0.4) is 0 Å². The topological polar surface area (TPSA) is 40.9 Å². The lowest BCUT2D eigenvalue weighted by Crippen LogP contribution is -2.24. The summed E-state index contributed by atoms with van der Waals surface area (Å²) < 4.78 is 1.19.